The van der Waals surface area contributed by atoms with Crippen LogP contribution in [-0.4, -0.2) is 282 Å². The second kappa shape index (κ2) is 39.6. The molecule has 6 bridgehead atoms. The van der Waals surface area contributed by atoms with Crippen LogP contribution in [0, 0.1) is 20.8 Å². The van der Waals surface area contributed by atoms with E-state index in [9.17, 15) is 52.6 Å². The number of hydrogen-bond donors (Lipinski definition) is 8. The number of aromatic nitrogens is 14. The third-order valence-corrected chi connectivity index (χ3v) is 25.4. The molecule has 15 heterocycles. The molecular weight excluding hydrogens is 1690 g/mol. The van der Waals surface area contributed by atoms with Gasteiger partial charge in [0.25, 0.3) is 16.7 Å². The Morgan fingerprint density at radius 3 is 1.23 bits per heavy atom. The normalized spacial score (nSPS) is 31.3. The summed E-state index contributed by atoms with van der Waals surface area (Å²) in [6, 6.07) is 0. The van der Waals surface area contributed by atoms with Crippen molar-refractivity contribution in [3.63, 3.8) is 0 Å². The zero-order valence-corrected chi connectivity index (χ0v) is 72.3. The fourth-order valence-electron chi connectivity index (χ4n) is 15.3. The molecule has 8 aliphatic heterocycles. The van der Waals surface area contributed by atoms with Gasteiger partial charge in [0.15, 0.2) is 54.1 Å². The van der Waals surface area contributed by atoms with E-state index in [0.717, 1.165) is 20.6 Å². The number of nitrogen functional groups attached to an aromatic ring is 2. The van der Waals surface area contributed by atoms with Gasteiger partial charge in [0.05, 0.1) is 71.6 Å². The molecule has 7 aromatic heterocycles. The maximum absolute atomic E-state index is 12.1. The third kappa shape index (κ3) is 19.6. The summed E-state index contributed by atoms with van der Waals surface area (Å²) >= 11 is 4.93. The molecule has 0 spiro atoms. The van der Waals surface area contributed by atoms with Crippen LogP contribution in [-0.2, 0) is 119 Å². The summed E-state index contributed by atoms with van der Waals surface area (Å²) in [5, 5.41) is 0. The van der Waals surface area contributed by atoms with Crippen LogP contribution in [0.3, 0.4) is 0 Å². The van der Waals surface area contributed by atoms with Gasteiger partial charge in [-0.15, -0.1) is 0 Å². The molecule has 8 fully saturated rings. The van der Waals surface area contributed by atoms with Gasteiger partial charge in [-0.2, -0.15) is 0 Å². The summed E-state index contributed by atoms with van der Waals surface area (Å²) in [4.78, 5) is 132. The lowest BCUT2D eigenvalue weighted by molar-refractivity contribution is -0.176. The molecule has 672 valence electrons. The summed E-state index contributed by atoms with van der Waals surface area (Å²) in [7, 11) is 2.91. The Morgan fingerprint density at radius 2 is 0.868 bits per heavy atom. The van der Waals surface area contributed by atoms with E-state index in [2.05, 4.69) is 53.9 Å². The minimum atomic E-state index is -4.27. The van der Waals surface area contributed by atoms with Gasteiger partial charge in [0, 0.05) is 92.2 Å². The Hall–Kier alpha value is -7.11. The van der Waals surface area contributed by atoms with Gasteiger partial charge in [0.2, 0.25) is 0 Å². The molecule has 0 amide bonds. The second-order valence-electron chi connectivity index (χ2n) is 28.8. The largest absolute Gasteiger partial charge is 0.472 e. The Balaban J connectivity index is 0.000000148. The first-order valence-electron chi connectivity index (χ1n) is 38.1. The molecule has 15 rings (SSSR count). The number of nitrogens with one attached hydrogen (secondary N) is 3. The number of rotatable bonds is 30. The van der Waals surface area contributed by atoms with E-state index < -0.39 is 141 Å². The molecule has 48 nitrogen and oxygen atoms in total. The number of phosphoric ester groups is 2. The maximum Gasteiger partial charge on any atom is 0.472 e. The zero-order chi connectivity index (χ0) is 88.0. The topological polar surface area (TPSA) is 592 Å². The number of phosphoric acid groups is 2. The summed E-state index contributed by atoms with van der Waals surface area (Å²) < 4.78 is 147. The number of nitrogens with zero attached hydrogens (tertiary/aromatic N) is 11. The highest BCUT2D eigenvalue weighted by atomic mass is 32.5. The first kappa shape index (κ1) is 94.6. The van der Waals surface area contributed by atoms with E-state index in [1.165, 1.54) is 58.4 Å². The van der Waals surface area contributed by atoms with Gasteiger partial charge in [-0.1, -0.05) is 27.7 Å². The van der Waals surface area contributed by atoms with Crippen LogP contribution in [0.1, 0.15) is 101 Å². The number of H-pyrrole nitrogens is 3. The summed E-state index contributed by atoms with van der Waals surface area (Å²) in [6.07, 6.45) is 2.22. The number of fused-ring (bicyclic) bond motifs is 8. The van der Waals surface area contributed by atoms with Crippen molar-refractivity contribution < 1.29 is 122 Å². The van der Waals surface area contributed by atoms with E-state index >= 15 is 0 Å². The van der Waals surface area contributed by atoms with Crippen LogP contribution in [0.5, 0.6) is 0 Å². The average Bonchev–Trinajstić information content (AvgIpc) is 1.58. The number of nitrogens with two attached hydrogens (primary N) is 2. The Morgan fingerprint density at radius 1 is 0.479 bits per heavy atom. The molecule has 0 saturated carbocycles. The second-order valence-corrected chi connectivity index (χ2v) is 34.7. The quantitative estimate of drug-likeness (QED) is 0.0230. The lowest BCUT2D eigenvalue weighted by Crippen LogP contribution is -2.42. The molecule has 7 aromatic rings. The van der Waals surface area contributed by atoms with Crippen molar-refractivity contribution in [3.8, 4) is 0 Å². The fraction of sp³-hybridized carbons (Fsp3) is 0.681. The van der Waals surface area contributed by atoms with Crippen LogP contribution in [0.2, 0.25) is 0 Å². The standard InChI is InChI=1S/C15H24N5O7P.C15H23N5O5.C13H19N2O8P.C13H19N2O7PS.C13H18N2O5/c1-4-9-11(27-28(21,22)24-3)12(25-6-5-23-2)15(26-9)20-8-19-10-13(16)17-7-18-14(10)20;1-21-4-5-24-12-11(23-3)9(6-22-2)25-15(12)20-8-19-10-13(16)17-7-18-14(10)20;1-4-13-6-21-8(9(13)23-24(18,19)20-3)11(22-13)15-5-7(2)10(16)14-12(15)17;1-4-13-6-20-8(9(13)22-23(18,24)19-3)11(21-13)15-5-7(2)10(16)14-12(15)17;1-4-13-6-19-8(9(13)18-3)11(20-13)15-5-7(2)10(16)14-12(15)17/h7-9,11-12,15H,4-6H2,1-3H3,(H,21,22)(H2,16,17,18);7-9,11-12,15H,4-6H2,1-3H3,(H2,16,17,18);5,8-9,11H,4,6H2,1-3H3,(H,18,19)(H,14,16,17);5,8-9,11H,4,6H2,1-3H3,(H,18,24)(H,14,16,17);5,8-9,11H,4,6H2,1-3H3,(H,14,16,17)/t2*9-,11?,12+,15-;8-,9?,11+,13-;8-,9?,11+,13-,23?;8-,9?,11+,13-/m11000/s1. The highest BCUT2D eigenvalue weighted by molar-refractivity contribution is 8.07. The number of aromatic amines is 3. The third-order valence-electron chi connectivity index (χ3n) is 21.8. The van der Waals surface area contributed by atoms with Crippen molar-refractivity contribution >= 4 is 68.1 Å². The molecule has 23 atom stereocenters. The first-order chi connectivity index (χ1) is 57.6. The van der Waals surface area contributed by atoms with Crippen molar-refractivity contribution in [2.45, 2.75) is 195 Å². The Labute approximate surface area is 694 Å². The molecule has 0 aromatic carbocycles. The van der Waals surface area contributed by atoms with Crippen LogP contribution in [0.25, 0.3) is 22.3 Å². The molecule has 0 radical (unpaired) electrons. The number of hydrogen-bond acceptors (Lipinski definition) is 38. The predicted molar refractivity (Wildman–Crippen MR) is 423 cm³/mol. The number of anilines is 2. The summed E-state index contributed by atoms with van der Waals surface area (Å²) in [5.41, 5.74) is 9.41. The smallest absolute Gasteiger partial charge is 0.382 e. The van der Waals surface area contributed by atoms with Crippen molar-refractivity contribution in [3.05, 3.63) is 123 Å². The van der Waals surface area contributed by atoms with Crippen LogP contribution >= 0.6 is 22.4 Å². The van der Waals surface area contributed by atoms with Crippen LogP contribution < -0.4 is 45.2 Å². The molecule has 52 heteroatoms. The van der Waals surface area contributed by atoms with E-state index in [0.29, 0.717) is 97.1 Å². The molecule has 121 heavy (non-hydrogen) atoms. The van der Waals surface area contributed by atoms with E-state index in [-0.39, 0.29) is 61.7 Å². The highest BCUT2D eigenvalue weighted by Gasteiger charge is 2.66. The molecule has 0 aliphatic carbocycles. The highest BCUT2D eigenvalue weighted by Crippen LogP contribution is 2.57. The molecule has 8 unspecified atom stereocenters. The minimum absolute atomic E-state index is 0.163. The van der Waals surface area contributed by atoms with Gasteiger partial charge in [-0.3, -0.25) is 74.8 Å². The summed E-state index contributed by atoms with van der Waals surface area (Å²) in [6.45, 7) is 11.6. The Kier molecular flexibility index (Phi) is 31.0. The Bertz CT molecular complexity index is 5140. The molecule has 8 saturated heterocycles. The van der Waals surface area contributed by atoms with E-state index in [4.69, 9.17) is 112 Å². The van der Waals surface area contributed by atoms with Gasteiger partial charge >= 0.3 is 39.4 Å². The molecule has 8 aliphatic rings. The lowest BCUT2D eigenvalue weighted by Gasteiger charge is -2.31. The summed E-state index contributed by atoms with van der Waals surface area (Å²) in [5.74, 6) is 0.549. The van der Waals surface area contributed by atoms with Gasteiger partial charge in [0.1, 0.15) is 108 Å². The van der Waals surface area contributed by atoms with Gasteiger partial charge < -0.3 is 102 Å². The molecule has 10 N–H and O–H groups in total. The average molecular weight is 1790 g/mol. The fourth-order valence-corrected chi connectivity index (χ4v) is 17.6. The monoisotopic (exact) mass is 1790 g/mol. The number of methoxy groups -OCH3 is 5. The van der Waals surface area contributed by atoms with Gasteiger partial charge in [-0.25, -0.2) is 53.4 Å². The van der Waals surface area contributed by atoms with Crippen molar-refractivity contribution in [2.75, 3.05) is 121 Å². The van der Waals surface area contributed by atoms with E-state index in [1.807, 2.05) is 27.7 Å². The van der Waals surface area contributed by atoms with E-state index in [1.54, 1.807) is 71.8 Å². The lowest BCUT2D eigenvalue weighted by atomic mass is 9.96. The van der Waals surface area contributed by atoms with Crippen molar-refractivity contribution in [1.82, 2.24) is 67.7 Å². The first-order valence-corrected chi connectivity index (χ1v) is 43.7. The number of imidazole rings is 2. The SMILES string of the molecule is CC[C@H]1O[C@@H](n2cnc3c(N)ncnc32)[C@@H](OCCOC)C1OP(=O)(O)OC.CC[C@]12CO[C@@H](C1OC)[C@H](n1cc(C)c(=O)[nH]c1=O)O2.CC[C@]12CO[C@@H](C1OP(=O)(O)OC)[C@H](n1cc(C)c(=O)[nH]c1=O)O2.CC[C@]12CO[C@@H](C1OP(O)(=S)OC)[C@H](n1cc(C)c(=O)[nH]c1=O)O2.COCCO[C@H]1C(OC)[C@@H](COC)O[C@H]1n1cnc2c(N)ncnc21. The van der Waals surface area contributed by atoms with Crippen LogP contribution in [0.4, 0.5) is 11.6 Å². The maximum atomic E-state index is 12.1. The number of aryl methyl sites for hydroxylation is 3. The predicted octanol–water partition coefficient (Wildman–Crippen LogP) is 1.04. The van der Waals surface area contributed by atoms with Gasteiger partial charge in [-0.05, 0) is 58.3 Å². The zero-order valence-electron chi connectivity index (χ0n) is 68.8. The van der Waals surface area contributed by atoms with Crippen LogP contribution in [0.15, 0.2) is 72.7 Å². The molecular formula is C69H103N16O32P3S. The number of ether oxygens (including phenoxy) is 15. The van der Waals surface area contributed by atoms with Crippen molar-refractivity contribution in [2.24, 2.45) is 0 Å². The minimum Gasteiger partial charge on any atom is -0.382 e. The van der Waals surface area contributed by atoms with Crippen molar-refractivity contribution in [1.29, 1.82) is 0 Å².